The molecule has 3 aromatic rings. The molecule has 0 atom stereocenters. The Kier molecular flexibility index (Phi) is 5.25. The van der Waals surface area contributed by atoms with E-state index in [1.807, 2.05) is 31.2 Å². The number of hydrogen-bond acceptors (Lipinski definition) is 7. The SMILES string of the molecule is Cc1ccccc1-c1noc(CN(C)S(=O)(=O)c2ccc(C)c([N+](=O)[O-])c2)n1. The quantitative estimate of drug-likeness (QED) is 0.459. The number of nitrogens with zero attached hydrogens (tertiary/aromatic N) is 4. The molecule has 0 spiro atoms. The zero-order chi connectivity index (χ0) is 20.5. The summed E-state index contributed by atoms with van der Waals surface area (Å²) in [5.74, 6) is 0.482. The van der Waals surface area contributed by atoms with Crippen molar-refractivity contribution in [1.29, 1.82) is 0 Å². The molecular weight excluding hydrogens is 384 g/mol. The fraction of sp³-hybridized carbons (Fsp3) is 0.222. The van der Waals surface area contributed by atoms with Crippen LogP contribution in [-0.4, -0.2) is 34.8 Å². The second kappa shape index (κ2) is 7.49. The van der Waals surface area contributed by atoms with Gasteiger partial charge in [-0.05, 0) is 25.5 Å². The highest BCUT2D eigenvalue weighted by Crippen LogP contribution is 2.25. The van der Waals surface area contributed by atoms with Crippen LogP contribution in [0, 0.1) is 24.0 Å². The van der Waals surface area contributed by atoms with E-state index in [0.717, 1.165) is 21.5 Å². The summed E-state index contributed by atoms with van der Waals surface area (Å²) in [6.45, 7) is 3.29. The Morgan fingerprint density at radius 2 is 1.86 bits per heavy atom. The zero-order valence-corrected chi connectivity index (χ0v) is 16.3. The first kappa shape index (κ1) is 19.6. The summed E-state index contributed by atoms with van der Waals surface area (Å²) in [6, 6.07) is 11.3. The van der Waals surface area contributed by atoms with Crippen molar-refractivity contribution in [3.63, 3.8) is 0 Å². The van der Waals surface area contributed by atoms with Crippen LogP contribution in [0.25, 0.3) is 11.4 Å². The van der Waals surface area contributed by atoms with Crippen LogP contribution in [0.2, 0.25) is 0 Å². The molecule has 9 nitrogen and oxygen atoms in total. The molecule has 0 saturated carbocycles. The van der Waals surface area contributed by atoms with Crippen LogP contribution >= 0.6 is 0 Å². The van der Waals surface area contributed by atoms with E-state index in [1.165, 1.54) is 19.2 Å². The lowest BCUT2D eigenvalue weighted by molar-refractivity contribution is -0.385. The van der Waals surface area contributed by atoms with Crippen molar-refractivity contribution >= 4 is 15.7 Å². The molecule has 0 saturated heterocycles. The first-order valence-corrected chi connectivity index (χ1v) is 9.74. The molecule has 0 N–H and O–H groups in total. The Hall–Kier alpha value is -3.11. The summed E-state index contributed by atoms with van der Waals surface area (Å²) >= 11 is 0. The predicted molar refractivity (Wildman–Crippen MR) is 101 cm³/mol. The minimum Gasteiger partial charge on any atom is -0.338 e. The topological polar surface area (TPSA) is 119 Å². The third kappa shape index (κ3) is 3.78. The lowest BCUT2D eigenvalue weighted by Gasteiger charge is -2.15. The van der Waals surface area contributed by atoms with Crippen molar-refractivity contribution in [3.05, 3.63) is 69.6 Å². The van der Waals surface area contributed by atoms with E-state index in [2.05, 4.69) is 10.1 Å². The second-order valence-corrected chi connectivity index (χ2v) is 8.34. The third-order valence-corrected chi connectivity index (χ3v) is 6.10. The summed E-state index contributed by atoms with van der Waals surface area (Å²) in [5, 5.41) is 15.0. The Morgan fingerprint density at radius 3 is 2.54 bits per heavy atom. The average Bonchev–Trinajstić information content (AvgIpc) is 3.10. The Morgan fingerprint density at radius 1 is 1.14 bits per heavy atom. The van der Waals surface area contributed by atoms with Gasteiger partial charge in [0.2, 0.25) is 21.7 Å². The monoisotopic (exact) mass is 402 g/mol. The molecule has 1 heterocycles. The fourth-order valence-electron chi connectivity index (χ4n) is 2.65. The van der Waals surface area contributed by atoms with Gasteiger partial charge in [-0.15, -0.1) is 0 Å². The third-order valence-electron chi connectivity index (χ3n) is 4.30. The van der Waals surface area contributed by atoms with Crippen LogP contribution in [0.4, 0.5) is 5.69 Å². The predicted octanol–water partition coefficient (Wildman–Crippen LogP) is 3.08. The number of hydrogen-bond donors (Lipinski definition) is 0. The van der Waals surface area contributed by atoms with Gasteiger partial charge in [0.15, 0.2) is 0 Å². The summed E-state index contributed by atoms with van der Waals surface area (Å²) in [4.78, 5) is 14.6. The highest BCUT2D eigenvalue weighted by Gasteiger charge is 2.26. The van der Waals surface area contributed by atoms with Crippen LogP contribution in [-0.2, 0) is 16.6 Å². The lowest BCUT2D eigenvalue weighted by atomic mass is 10.1. The van der Waals surface area contributed by atoms with Gasteiger partial charge in [-0.3, -0.25) is 10.1 Å². The van der Waals surface area contributed by atoms with E-state index in [9.17, 15) is 18.5 Å². The number of nitro groups is 1. The molecule has 0 aliphatic heterocycles. The minimum absolute atomic E-state index is 0.117. The largest absolute Gasteiger partial charge is 0.338 e. The molecule has 3 rings (SSSR count). The van der Waals surface area contributed by atoms with Gasteiger partial charge in [-0.2, -0.15) is 9.29 Å². The summed E-state index contributed by atoms with van der Waals surface area (Å²) < 4.78 is 31.7. The molecule has 0 bridgehead atoms. The van der Waals surface area contributed by atoms with Gasteiger partial charge in [0.25, 0.3) is 5.69 Å². The van der Waals surface area contributed by atoms with Crippen molar-refractivity contribution in [2.45, 2.75) is 25.3 Å². The number of sulfonamides is 1. The van der Waals surface area contributed by atoms with E-state index in [0.29, 0.717) is 11.4 Å². The molecule has 1 aromatic heterocycles. The molecule has 28 heavy (non-hydrogen) atoms. The smallest absolute Gasteiger partial charge is 0.273 e. The minimum atomic E-state index is -3.97. The molecule has 0 fully saturated rings. The molecule has 146 valence electrons. The van der Waals surface area contributed by atoms with Gasteiger partial charge in [0.05, 0.1) is 16.4 Å². The van der Waals surface area contributed by atoms with Gasteiger partial charge >= 0.3 is 0 Å². The van der Waals surface area contributed by atoms with Crippen LogP contribution in [0.3, 0.4) is 0 Å². The van der Waals surface area contributed by atoms with Crippen molar-refractivity contribution in [2.75, 3.05) is 7.05 Å². The maximum Gasteiger partial charge on any atom is 0.273 e. The van der Waals surface area contributed by atoms with E-state index < -0.39 is 14.9 Å². The standard InChI is InChI=1S/C18H18N4O5S/c1-12-6-4-5-7-15(12)18-19-17(27-20-18)11-21(3)28(25,26)14-9-8-13(2)16(10-14)22(23)24/h4-10H,11H2,1-3H3. The Labute approximate surface area is 161 Å². The van der Waals surface area contributed by atoms with Gasteiger partial charge in [0, 0.05) is 24.2 Å². The summed E-state index contributed by atoms with van der Waals surface area (Å²) in [5.41, 5.74) is 1.88. The molecule has 0 amide bonds. The van der Waals surface area contributed by atoms with Crippen molar-refractivity contribution in [3.8, 4) is 11.4 Å². The molecule has 0 unspecified atom stereocenters. The zero-order valence-electron chi connectivity index (χ0n) is 15.5. The van der Waals surface area contributed by atoms with Crippen molar-refractivity contribution in [2.24, 2.45) is 0 Å². The Bertz CT molecular complexity index is 1140. The van der Waals surface area contributed by atoms with Crippen LogP contribution < -0.4 is 0 Å². The summed E-state index contributed by atoms with van der Waals surface area (Å²) in [7, 11) is -2.63. The molecule has 0 aliphatic rings. The Balaban J connectivity index is 1.85. The molecule has 0 aliphatic carbocycles. The first-order chi connectivity index (χ1) is 13.2. The normalized spacial score (nSPS) is 11.7. The maximum atomic E-state index is 12.8. The number of aryl methyl sites for hydroxylation is 2. The van der Waals surface area contributed by atoms with Gasteiger partial charge in [0.1, 0.15) is 0 Å². The second-order valence-electron chi connectivity index (χ2n) is 6.29. The summed E-state index contributed by atoms with van der Waals surface area (Å²) in [6.07, 6.45) is 0. The van der Waals surface area contributed by atoms with Gasteiger partial charge in [-0.1, -0.05) is 35.5 Å². The van der Waals surface area contributed by atoms with E-state index in [4.69, 9.17) is 4.52 Å². The fourth-order valence-corrected chi connectivity index (χ4v) is 3.79. The van der Waals surface area contributed by atoms with Gasteiger partial charge in [-0.25, -0.2) is 8.42 Å². The lowest BCUT2D eigenvalue weighted by Crippen LogP contribution is -2.26. The first-order valence-electron chi connectivity index (χ1n) is 8.30. The van der Waals surface area contributed by atoms with Gasteiger partial charge < -0.3 is 4.52 Å². The van der Waals surface area contributed by atoms with Crippen LogP contribution in [0.1, 0.15) is 17.0 Å². The van der Waals surface area contributed by atoms with Crippen LogP contribution in [0.15, 0.2) is 51.9 Å². The molecule has 0 radical (unpaired) electrons. The number of benzene rings is 2. The van der Waals surface area contributed by atoms with E-state index in [1.54, 1.807) is 6.92 Å². The number of aromatic nitrogens is 2. The maximum absolute atomic E-state index is 12.8. The number of nitro benzene ring substituents is 1. The highest BCUT2D eigenvalue weighted by atomic mass is 32.2. The average molecular weight is 402 g/mol. The molecule has 2 aromatic carbocycles. The van der Waals surface area contributed by atoms with Crippen molar-refractivity contribution < 1.29 is 17.9 Å². The highest BCUT2D eigenvalue weighted by molar-refractivity contribution is 7.89. The molecular formula is C18H18N4O5S. The van der Waals surface area contributed by atoms with E-state index >= 15 is 0 Å². The van der Waals surface area contributed by atoms with E-state index in [-0.39, 0.29) is 23.0 Å². The number of rotatable bonds is 6. The molecule has 10 heteroatoms. The van der Waals surface area contributed by atoms with Crippen LogP contribution in [0.5, 0.6) is 0 Å². The van der Waals surface area contributed by atoms with Crippen molar-refractivity contribution in [1.82, 2.24) is 14.4 Å².